The van der Waals surface area contributed by atoms with Crippen LogP contribution in [0.1, 0.15) is 34.6 Å². The third kappa shape index (κ3) is 8.69. The summed E-state index contributed by atoms with van der Waals surface area (Å²) in [6, 6.07) is 5.89. The molecular weight excluding hydrogens is 335 g/mol. The molecule has 6 nitrogen and oxygen atoms in total. The summed E-state index contributed by atoms with van der Waals surface area (Å²) in [5, 5.41) is 6.10. The molecule has 0 saturated heterocycles. The largest absolute Gasteiger partial charge is 0.489 e. The summed E-state index contributed by atoms with van der Waals surface area (Å²) in [4.78, 5) is 18.4. The number of halogens is 1. The minimum absolute atomic E-state index is 0.0683. The second-order valence-electron chi connectivity index (χ2n) is 7.23. The van der Waals surface area contributed by atoms with E-state index in [0.29, 0.717) is 24.8 Å². The molecule has 1 aromatic carbocycles. The van der Waals surface area contributed by atoms with Gasteiger partial charge < -0.3 is 20.3 Å². The summed E-state index contributed by atoms with van der Waals surface area (Å²) in [5.41, 5.74) is -0.273. The maximum Gasteiger partial charge on any atom is 0.240 e. The van der Waals surface area contributed by atoms with Gasteiger partial charge in [-0.05, 0) is 58.9 Å². The van der Waals surface area contributed by atoms with Crippen molar-refractivity contribution in [2.75, 3.05) is 26.7 Å². The van der Waals surface area contributed by atoms with E-state index in [2.05, 4.69) is 15.6 Å². The number of ether oxygens (including phenoxy) is 1. The Hall–Kier alpha value is -2.31. The molecule has 1 aromatic rings. The summed E-state index contributed by atoms with van der Waals surface area (Å²) in [6.07, 6.45) is -0.189. The first-order valence-electron chi connectivity index (χ1n) is 8.83. The first-order chi connectivity index (χ1) is 12.1. The molecule has 0 aliphatic carbocycles. The fraction of sp³-hybridized carbons (Fsp3) is 0.579. The number of nitrogens with one attached hydrogen (secondary N) is 2. The van der Waals surface area contributed by atoms with Gasteiger partial charge in [-0.25, -0.2) is 9.38 Å². The fourth-order valence-electron chi connectivity index (χ4n) is 2.22. The van der Waals surface area contributed by atoms with Gasteiger partial charge in [0.25, 0.3) is 0 Å². The van der Waals surface area contributed by atoms with Crippen molar-refractivity contribution in [1.29, 1.82) is 0 Å². The average Bonchev–Trinajstić information content (AvgIpc) is 2.51. The number of guanidine groups is 1. The van der Waals surface area contributed by atoms with Crippen LogP contribution in [-0.2, 0) is 4.79 Å². The number of carbonyl (C=O) groups is 1. The molecule has 0 spiro atoms. The SMILES string of the molecule is CCNC(=NCC(C)Oc1ccc(F)cc1)N(C)CC(=O)NC(C)(C)C. The van der Waals surface area contributed by atoms with E-state index in [0.717, 1.165) is 0 Å². The standard InChI is InChI=1S/C19H31FN4O2/c1-7-21-18(24(6)13-17(25)23-19(3,4)5)22-12-14(2)26-16-10-8-15(20)9-11-16/h8-11,14H,7,12-13H2,1-6H3,(H,21,22)(H,23,25). The molecule has 1 rings (SSSR count). The van der Waals surface area contributed by atoms with Crippen LogP contribution < -0.4 is 15.4 Å². The number of rotatable bonds is 7. The Kier molecular flexibility index (Phi) is 8.35. The van der Waals surface area contributed by atoms with E-state index >= 15 is 0 Å². The number of hydrogen-bond donors (Lipinski definition) is 2. The van der Waals surface area contributed by atoms with Gasteiger partial charge in [0.1, 0.15) is 17.7 Å². The van der Waals surface area contributed by atoms with Gasteiger partial charge in [-0.1, -0.05) is 0 Å². The van der Waals surface area contributed by atoms with Crippen LogP contribution in [0.15, 0.2) is 29.3 Å². The summed E-state index contributed by atoms with van der Waals surface area (Å²) < 4.78 is 18.7. The van der Waals surface area contributed by atoms with Crippen molar-refractivity contribution in [3.05, 3.63) is 30.1 Å². The highest BCUT2D eigenvalue weighted by molar-refractivity contribution is 5.86. The monoisotopic (exact) mass is 366 g/mol. The zero-order valence-corrected chi connectivity index (χ0v) is 16.6. The number of nitrogens with zero attached hydrogens (tertiary/aromatic N) is 2. The lowest BCUT2D eigenvalue weighted by atomic mass is 10.1. The van der Waals surface area contributed by atoms with Crippen LogP contribution in [0.3, 0.4) is 0 Å². The summed E-state index contributed by atoms with van der Waals surface area (Å²) in [5.74, 6) is 0.858. The van der Waals surface area contributed by atoms with Gasteiger partial charge >= 0.3 is 0 Å². The molecule has 7 heteroatoms. The molecule has 146 valence electrons. The molecule has 2 N–H and O–H groups in total. The molecule has 0 bridgehead atoms. The van der Waals surface area contributed by atoms with Crippen molar-refractivity contribution in [3.8, 4) is 5.75 Å². The van der Waals surface area contributed by atoms with E-state index < -0.39 is 0 Å². The maximum atomic E-state index is 12.9. The van der Waals surface area contributed by atoms with Crippen LogP contribution in [0, 0.1) is 5.82 Å². The van der Waals surface area contributed by atoms with Crippen molar-refractivity contribution in [2.24, 2.45) is 4.99 Å². The molecule has 0 radical (unpaired) electrons. The highest BCUT2D eigenvalue weighted by Gasteiger charge is 2.17. The second-order valence-corrected chi connectivity index (χ2v) is 7.23. The van der Waals surface area contributed by atoms with Crippen LogP contribution in [0.4, 0.5) is 4.39 Å². The maximum absolute atomic E-state index is 12.9. The fourth-order valence-corrected chi connectivity index (χ4v) is 2.22. The molecule has 0 aliphatic rings. The molecule has 0 fully saturated rings. The number of likely N-dealkylation sites (N-methyl/N-ethyl adjacent to an activating group) is 1. The number of hydrogen-bond acceptors (Lipinski definition) is 3. The normalized spacial score (nSPS) is 13.1. The molecule has 0 aliphatic heterocycles. The lowest BCUT2D eigenvalue weighted by molar-refractivity contribution is -0.122. The highest BCUT2D eigenvalue weighted by atomic mass is 19.1. The van der Waals surface area contributed by atoms with Crippen molar-refractivity contribution < 1.29 is 13.9 Å². The molecule has 1 unspecified atom stereocenters. The Bertz CT molecular complexity index is 597. The van der Waals surface area contributed by atoms with Gasteiger partial charge in [-0.3, -0.25) is 4.79 Å². The topological polar surface area (TPSA) is 66.0 Å². The van der Waals surface area contributed by atoms with Crippen molar-refractivity contribution in [3.63, 3.8) is 0 Å². The predicted octanol–water partition coefficient (Wildman–Crippen LogP) is 2.41. The van der Waals surface area contributed by atoms with Gasteiger partial charge in [0.2, 0.25) is 5.91 Å². The summed E-state index contributed by atoms with van der Waals surface area (Å²) >= 11 is 0. The van der Waals surface area contributed by atoms with Gasteiger partial charge in [-0.2, -0.15) is 0 Å². The lowest BCUT2D eigenvalue weighted by Gasteiger charge is -2.25. The summed E-state index contributed by atoms with van der Waals surface area (Å²) in [6.45, 7) is 11.0. The number of aliphatic imine (C=N–C) groups is 1. The quantitative estimate of drug-likeness (QED) is 0.574. The van der Waals surface area contributed by atoms with E-state index in [-0.39, 0.29) is 29.9 Å². The second kappa shape index (κ2) is 9.99. The molecule has 0 heterocycles. The average molecular weight is 366 g/mol. The van der Waals surface area contributed by atoms with Crippen molar-refractivity contribution >= 4 is 11.9 Å². The Morgan fingerprint density at radius 3 is 2.46 bits per heavy atom. The van der Waals surface area contributed by atoms with Gasteiger partial charge in [0.05, 0.1) is 13.1 Å². The highest BCUT2D eigenvalue weighted by Crippen LogP contribution is 2.13. The zero-order chi connectivity index (χ0) is 19.7. The third-order valence-corrected chi connectivity index (χ3v) is 3.24. The first-order valence-corrected chi connectivity index (χ1v) is 8.83. The predicted molar refractivity (Wildman–Crippen MR) is 103 cm³/mol. The lowest BCUT2D eigenvalue weighted by Crippen LogP contribution is -2.49. The van der Waals surface area contributed by atoms with Crippen LogP contribution >= 0.6 is 0 Å². The molecule has 0 aromatic heterocycles. The number of carbonyl (C=O) groups excluding carboxylic acids is 1. The van der Waals surface area contributed by atoms with Crippen LogP contribution in [0.5, 0.6) is 5.75 Å². The Morgan fingerprint density at radius 1 is 1.31 bits per heavy atom. The smallest absolute Gasteiger partial charge is 0.240 e. The molecule has 1 amide bonds. The molecule has 26 heavy (non-hydrogen) atoms. The van der Waals surface area contributed by atoms with Crippen LogP contribution in [0.2, 0.25) is 0 Å². The Balaban J connectivity index is 2.63. The Morgan fingerprint density at radius 2 is 1.92 bits per heavy atom. The van der Waals surface area contributed by atoms with Crippen molar-refractivity contribution in [1.82, 2.24) is 15.5 Å². The minimum atomic E-state index is -0.299. The third-order valence-electron chi connectivity index (χ3n) is 3.24. The van der Waals surface area contributed by atoms with Gasteiger partial charge in [0, 0.05) is 19.1 Å². The van der Waals surface area contributed by atoms with E-state index in [1.165, 1.54) is 12.1 Å². The summed E-state index contributed by atoms with van der Waals surface area (Å²) in [7, 11) is 1.81. The van der Waals surface area contributed by atoms with E-state index in [9.17, 15) is 9.18 Å². The van der Waals surface area contributed by atoms with Gasteiger partial charge in [-0.15, -0.1) is 0 Å². The number of benzene rings is 1. The van der Waals surface area contributed by atoms with E-state index in [1.54, 1.807) is 17.0 Å². The van der Waals surface area contributed by atoms with Crippen molar-refractivity contribution in [2.45, 2.75) is 46.3 Å². The van der Waals surface area contributed by atoms with E-state index in [1.807, 2.05) is 41.7 Å². The van der Waals surface area contributed by atoms with E-state index in [4.69, 9.17) is 4.74 Å². The molecule has 1 atom stereocenters. The minimum Gasteiger partial charge on any atom is -0.489 e. The van der Waals surface area contributed by atoms with Crippen LogP contribution in [-0.4, -0.2) is 55.1 Å². The molecule has 0 saturated carbocycles. The van der Waals surface area contributed by atoms with Gasteiger partial charge in [0.15, 0.2) is 5.96 Å². The Labute approximate surface area is 155 Å². The molecular formula is C19H31FN4O2. The number of amides is 1. The first kappa shape index (κ1) is 21.7. The zero-order valence-electron chi connectivity index (χ0n) is 16.6. The van der Waals surface area contributed by atoms with Crippen LogP contribution in [0.25, 0.3) is 0 Å².